The average molecular weight is 276 g/mol. The van der Waals surface area contributed by atoms with Gasteiger partial charge >= 0.3 is 5.97 Å². The molecular formula is C16H24N2O2. The maximum atomic E-state index is 11.5. The van der Waals surface area contributed by atoms with Gasteiger partial charge in [0.25, 0.3) is 0 Å². The average Bonchev–Trinajstić information content (AvgIpc) is 2.65. The first-order valence-electron chi connectivity index (χ1n) is 7.58. The standard InChI is InChI=1S/C16H24N2O2/c1-3-20-16(19)13-8-10-15(17-11-13)18-14-6-4-5-12(2)7-9-14/h8,10-12,14H,3-7,9H2,1-2H3,(H,17,18). The molecule has 1 aromatic rings. The van der Waals surface area contributed by atoms with Crippen LogP contribution in [0, 0.1) is 5.92 Å². The molecule has 0 spiro atoms. The molecule has 110 valence electrons. The molecule has 0 aromatic carbocycles. The molecule has 0 radical (unpaired) electrons. The number of pyridine rings is 1. The van der Waals surface area contributed by atoms with Gasteiger partial charge in [-0.25, -0.2) is 9.78 Å². The highest BCUT2D eigenvalue weighted by Crippen LogP contribution is 2.24. The molecule has 0 aliphatic heterocycles. The van der Waals surface area contributed by atoms with Gasteiger partial charge in [0.05, 0.1) is 12.2 Å². The van der Waals surface area contributed by atoms with Gasteiger partial charge in [0.15, 0.2) is 0 Å². The molecule has 2 unspecified atom stereocenters. The molecule has 2 rings (SSSR count). The Hall–Kier alpha value is -1.58. The van der Waals surface area contributed by atoms with E-state index in [1.165, 1.54) is 32.1 Å². The van der Waals surface area contributed by atoms with E-state index in [0.29, 0.717) is 18.2 Å². The third-order valence-electron chi connectivity index (χ3n) is 3.88. The van der Waals surface area contributed by atoms with E-state index in [4.69, 9.17) is 4.74 Å². The molecule has 1 saturated carbocycles. The molecule has 1 fully saturated rings. The summed E-state index contributed by atoms with van der Waals surface area (Å²) in [6.07, 6.45) is 7.86. The fourth-order valence-corrected chi connectivity index (χ4v) is 2.65. The van der Waals surface area contributed by atoms with E-state index in [1.807, 2.05) is 6.07 Å². The highest BCUT2D eigenvalue weighted by atomic mass is 16.5. The monoisotopic (exact) mass is 276 g/mol. The highest BCUT2D eigenvalue weighted by Gasteiger charge is 2.16. The summed E-state index contributed by atoms with van der Waals surface area (Å²) in [7, 11) is 0. The SMILES string of the molecule is CCOC(=O)c1ccc(NC2CCCC(C)CC2)nc1. The van der Waals surface area contributed by atoms with Crippen LogP contribution in [0.4, 0.5) is 5.82 Å². The summed E-state index contributed by atoms with van der Waals surface area (Å²) in [6, 6.07) is 4.13. The molecule has 4 nitrogen and oxygen atoms in total. The zero-order chi connectivity index (χ0) is 14.4. The van der Waals surface area contributed by atoms with Crippen molar-refractivity contribution in [1.29, 1.82) is 0 Å². The third-order valence-corrected chi connectivity index (χ3v) is 3.88. The van der Waals surface area contributed by atoms with Crippen molar-refractivity contribution in [2.75, 3.05) is 11.9 Å². The van der Waals surface area contributed by atoms with E-state index in [0.717, 1.165) is 11.7 Å². The van der Waals surface area contributed by atoms with Crippen LogP contribution in [0.5, 0.6) is 0 Å². The Morgan fingerprint density at radius 3 is 2.90 bits per heavy atom. The Kier molecular flexibility index (Phi) is 5.39. The maximum Gasteiger partial charge on any atom is 0.339 e. The lowest BCUT2D eigenvalue weighted by molar-refractivity contribution is 0.0526. The van der Waals surface area contributed by atoms with Crippen LogP contribution in [0.25, 0.3) is 0 Å². The number of nitrogens with zero attached hydrogens (tertiary/aromatic N) is 1. The van der Waals surface area contributed by atoms with Crippen molar-refractivity contribution >= 4 is 11.8 Å². The number of hydrogen-bond donors (Lipinski definition) is 1. The largest absolute Gasteiger partial charge is 0.462 e. The second-order valence-electron chi connectivity index (χ2n) is 5.61. The van der Waals surface area contributed by atoms with Crippen molar-refractivity contribution in [3.8, 4) is 0 Å². The predicted molar refractivity (Wildman–Crippen MR) is 79.9 cm³/mol. The van der Waals surface area contributed by atoms with Gasteiger partial charge in [0, 0.05) is 12.2 Å². The number of aromatic nitrogens is 1. The first-order chi connectivity index (χ1) is 9.69. The van der Waals surface area contributed by atoms with E-state index >= 15 is 0 Å². The second kappa shape index (κ2) is 7.27. The van der Waals surface area contributed by atoms with Crippen LogP contribution in [-0.4, -0.2) is 23.6 Å². The van der Waals surface area contributed by atoms with Crippen LogP contribution in [-0.2, 0) is 4.74 Å². The molecule has 0 bridgehead atoms. The number of ether oxygens (including phenoxy) is 1. The number of nitrogens with one attached hydrogen (secondary N) is 1. The van der Waals surface area contributed by atoms with Crippen LogP contribution in [0.2, 0.25) is 0 Å². The molecule has 1 heterocycles. The Bertz CT molecular complexity index is 431. The molecule has 1 N–H and O–H groups in total. The van der Waals surface area contributed by atoms with Gasteiger partial charge < -0.3 is 10.1 Å². The fraction of sp³-hybridized carbons (Fsp3) is 0.625. The number of esters is 1. The summed E-state index contributed by atoms with van der Waals surface area (Å²) in [4.78, 5) is 15.9. The second-order valence-corrected chi connectivity index (χ2v) is 5.61. The number of carbonyl (C=O) groups excluding carboxylic acids is 1. The van der Waals surface area contributed by atoms with Crippen molar-refractivity contribution in [2.24, 2.45) is 5.92 Å². The van der Waals surface area contributed by atoms with Gasteiger partial charge in [-0.05, 0) is 44.2 Å². The summed E-state index contributed by atoms with van der Waals surface area (Å²) < 4.78 is 4.95. The minimum Gasteiger partial charge on any atom is -0.462 e. The number of hydrogen-bond acceptors (Lipinski definition) is 4. The summed E-state index contributed by atoms with van der Waals surface area (Å²) in [5.41, 5.74) is 0.506. The maximum absolute atomic E-state index is 11.5. The lowest BCUT2D eigenvalue weighted by Crippen LogP contribution is -2.19. The Balaban J connectivity index is 1.91. The van der Waals surface area contributed by atoms with E-state index in [-0.39, 0.29) is 5.97 Å². The Labute approximate surface area is 120 Å². The van der Waals surface area contributed by atoms with Gasteiger partial charge in [-0.15, -0.1) is 0 Å². The van der Waals surface area contributed by atoms with Gasteiger partial charge in [-0.3, -0.25) is 0 Å². The van der Waals surface area contributed by atoms with Crippen molar-refractivity contribution in [1.82, 2.24) is 4.98 Å². The van der Waals surface area contributed by atoms with Gasteiger partial charge in [0.1, 0.15) is 5.82 Å². The Morgan fingerprint density at radius 2 is 2.20 bits per heavy atom. The van der Waals surface area contributed by atoms with Gasteiger partial charge in [-0.1, -0.05) is 19.8 Å². The summed E-state index contributed by atoms with van der Waals surface area (Å²) in [5, 5.41) is 3.48. The van der Waals surface area contributed by atoms with Crippen LogP contribution in [0.3, 0.4) is 0 Å². The lowest BCUT2D eigenvalue weighted by atomic mass is 10.0. The summed E-state index contributed by atoms with van der Waals surface area (Å²) in [5.74, 6) is 1.37. The van der Waals surface area contributed by atoms with E-state index < -0.39 is 0 Å². The first-order valence-corrected chi connectivity index (χ1v) is 7.58. The van der Waals surface area contributed by atoms with Crippen LogP contribution >= 0.6 is 0 Å². The number of anilines is 1. The molecule has 2 atom stereocenters. The normalized spacial score (nSPS) is 22.9. The predicted octanol–water partition coefficient (Wildman–Crippen LogP) is 3.64. The molecule has 1 aromatic heterocycles. The fourth-order valence-electron chi connectivity index (χ4n) is 2.65. The van der Waals surface area contributed by atoms with Crippen molar-refractivity contribution < 1.29 is 9.53 Å². The quantitative estimate of drug-likeness (QED) is 0.674. The third kappa shape index (κ3) is 4.22. The molecule has 0 amide bonds. The molecule has 1 aliphatic carbocycles. The highest BCUT2D eigenvalue weighted by molar-refractivity contribution is 5.89. The first kappa shape index (κ1) is 14.8. The zero-order valence-electron chi connectivity index (χ0n) is 12.4. The minimum atomic E-state index is -0.310. The van der Waals surface area contributed by atoms with Crippen LogP contribution in [0.15, 0.2) is 18.3 Å². The molecule has 20 heavy (non-hydrogen) atoms. The van der Waals surface area contributed by atoms with Crippen molar-refractivity contribution in [2.45, 2.75) is 52.0 Å². The van der Waals surface area contributed by atoms with E-state index in [9.17, 15) is 4.79 Å². The summed E-state index contributed by atoms with van der Waals surface area (Å²) in [6.45, 7) is 4.52. The summed E-state index contributed by atoms with van der Waals surface area (Å²) >= 11 is 0. The van der Waals surface area contributed by atoms with Gasteiger partial charge in [0.2, 0.25) is 0 Å². The van der Waals surface area contributed by atoms with Crippen molar-refractivity contribution in [3.05, 3.63) is 23.9 Å². The van der Waals surface area contributed by atoms with Crippen LogP contribution < -0.4 is 5.32 Å². The number of rotatable bonds is 4. The van der Waals surface area contributed by atoms with Crippen LogP contribution in [0.1, 0.15) is 56.3 Å². The topological polar surface area (TPSA) is 51.2 Å². The molecule has 4 heteroatoms. The minimum absolute atomic E-state index is 0.310. The molecular weight excluding hydrogens is 252 g/mol. The number of carbonyl (C=O) groups is 1. The Morgan fingerprint density at radius 1 is 1.35 bits per heavy atom. The van der Waals surface area contributed by atoms with E-state index in [2.05, 4.69) is 17.2 Å². The van der Waals surface area contributed by atoms with Gasteiger partial charge in [-0.2, -0.15) is 0 Å². The smallest absolute Gasteiger partial charge is 0.339 e. The molecule has 0 saturated heterocycles. The van der Waals surface area contributed by atoms with E-state index in [1.54, 1.807) is 19.2 Å². The van der Waals surface area contributed by atoms with Crippen molar-refractivity contribution in [3.63, 3.8) is 0 Å². The zero-order valence-corrected chi connectivity index (χ0v) is 12.4. The lowest BCUT2D eigenvalue weighted by Gasteiger charge is -2.17. The molecule has 1 aliphatic rings.